The number of phenols is 1. The Balaban J connectivity index is 1.63. The van der Waals surface area contributed by atoms with Crippen molar-refractivity contribution in [3.8, 4) is 28.6 Å². The Morgan fingerprint density at radius 3 is 2.31 bits per heavy atom. The van der Waals surface area contributed by atoms with Crippen molar-refractivity contribution in [2.75, 3.05) is 20.0 Å². The van der Waals surface area contributed by atoms with E-state index in [0.717, 1.165) is 11.4 Å². The molecule has 0 aliphatic carbocycles. The lowest BCUT2D eigenvalue weighted by Gasteiger charge is -2.19. The molecule has 3 aromatic rings. The Bertz CT molecular complexity index is 1170. The summed E-state index contributed by atoms with van der Waals surface area (Å²) in [5.74, 6) is 0.999. The number of aromatic hydroxyl groups is 1. The van der Waals surface area contributed by atoms with Crippen molar-refractivity contribution in [2.45, 2.75) is 44.8 Å². The molecule has 0 radical (unpaired) electrons. The molecule has 0 unspecified atom stereocenters. The monoisotopic (exact) mass is 497 g/mol. The van der Waals surface area contributed by atoms with Gasteiger partial charge in [-0.3, -0.25) is 4.79 Å². The maximum atomic E-state index is 12.3. The topological polar surface area (TPSA) is 111 Å². The number of benzene rings is 2. The summed E-state index contributed by atoms with van der Waals surface area (Å²) in [5.41, 5.74) is 5.40. The first-order valence-electron chi connectivity index (χ1n) is 11.1. The number of carbonyl (C=O) groups excluding carboxylic acids is 1. The van der Waals surface area contributed by atoms with Gasteiger partial charge in [0.25, 0.3) is 5.91 Å². The minimum atomic E-state index is -0.286. The number of nitrogens with one attached hydrogen (secondary N) is 1. The number of carbonyl (C=O) groups is 1. The van der Waals surface area contributed by atoms with Crippen LogP contribution in [-0.4, -0.2) is 52.0 Å². The number of thioether (sulfide) groups is 1. The molecule has 1 heterocycles. The molecule has 0 atom stereocenters. The van der Waals surface area contributed by atoms with Crippen molar-refractivity contribution >= 4 is 23.9 Å². The minimum absolute atomic E-state index is 0.0776. The van der Waals surface area contributed by atoms with Crippen LogP contribution in [-0.2, 0) is 16.8 Å². The number of nitrogens with zero attached hydrogens (tertiary/aromatic N) is 4. The van der Waals surface area contributed by atoms with Gasteiger partial charge >= 0.3 is 0 Å². The summed E-state index contributed by atoms with van der Waals surface area (Å²) in [5, 5.41) is 23.3. The van der Waals surface area contributed by atoms with E-state index in [0.29, 0.717) is 17.3 Å². The predicted molar refractivity (Wildman–Crippen MR) is 138 cm³/mol. The molecular formula is C25H31N5O4S. The summed E-state index contributed by atoms with van der Waals surface area (Å²) in [6, 6.07) is 11.5. The number of hydrogen-bond acceptors (Lipinski definition) is 8. The normalized spacial score (nSPS) is 11.6. The summed E-state index contributed by atoms with van der Waals surface area (Å²) in [4.78, 5) is 12.3. The van der Waals surface area contributed by atoms with Gasteiger partial charge in [-0.1, -0.05) is 56.8 Å². The fraction of sp³-hybridized carbons (Fsp3) is 0.360. The van der Waals surface area contributed by atoms with Crippen LogP contribution in [0.25, 0.3) is 11.4 Å². The van der Waals surface area contributed by atoms with E-state index in [1.54, 1.807) is 12.1 Å². The van der Waals surface area contributed by atoms with Crippen LogP contribution in [0.4, 0.5) is 0 Å². The van der Waals surface area contributed by atoms with Gasteiger partial charge in [-0.2, -0.15) is 5.10 Å². The summed E-state index contributed by atoms with van der Waals surface area (Å²) in [6.45, 7) is 9.23. The number of rotatable bonds is 9. The Labute approximate surface area is 209 Å². The fourth-order valence-corrected chi connectivity index (χ4v) is 4.14. The highest BCUT2D eigenvalue weighted by Crippen LogP contribution is 2.36. The average molecular weight is 498 g/mol. The fourth-order valence-electron chi connectivity index (χ4n) is 3.34. The molecule has 0 saturated heterocycles. The molecule has 3 rings (SSSR count). The van der Waals surface area contributed by atoms with E-state index < -0.39 is 0 Å². The van der Waals surface area contributed by atoms with Crippen molar-refractivity contribution in [1.29, 1.82) is 0 Å². The van der Waals surface area contributed by atoms with Crippen molar-refractivity contribution in [1.82, 2.24) is 20.2 Å². The maximum absolute atomic E-state index is 12.3. The van der Waals surface area contributed by atoms with Gasteiger partial charge < -0.3 is 19.1 Å². The second kappa shape index (κ2) is 11.3. The standard InChI is InChI=1S/C25H31N5O4S/c1-7-30-23(17-8-10-18(11-9-17)25(2,3)4)28-29-24(30)35-15-21(31)27-26-14-16-12-19(33-5)22(32)20(13-16)34-6/h8-14,32H,7,15H2,1-6H3,(H,27,31)/b26-14-. The zero-order valence-electron chi connectivity index (χ0n) is 20.8. The largest absolute Gasteiger partial charge is 0.502 e. The van der Waals surface area contributed by atoms with Crippen LogP contribution >= 0.6 is 11.8 Å². The van der Waals surface area contributed by atoms with Crippen LogP contribution in [0.5, 0.6) is 17.2 Å². The van der Waals surface area contributed by atoms with Crippen LogP contribution in [0.3, 0.4) is 0 Å². The second-order valence-electron chi connectivity index (χ2n) is 8.73. The summed E-state index contributed by atoms with van der Waals surface area (Å²) in [6.07, 6.45) is 1.45. The van der Waals surface area contributed by atoms with E-state index in [1.807, 2.05) is 11.5 Å². The lowest BCUT2D eigenvalue weighted by Crippen LogP contribution is -2.20. The highest BCUT2D eigenvalue weighted by molar-refractivity contribution is 7.99. The van der Waals surface area contributed by atoms with Gasteiger partial charge in [0.2, 0.25) is 5.75 Å². The van der Waals surface area contributed by atoms with Crippen LogP contribution in [0.15, 0.2) is 46.7 Å². The molecule has 186 valence electrons. The van der Waals surface area contributed by atoms with Crippen LogP contribution in [0, 0.1) is 0 Å². The highest BCUT2D eigenvalue weighted by atomic mass is 32.2. The SMILES string of the molecule is CCn1c(SCC(=O)N/N=C\c2cc(OC)c(O)c(OC)c2)nnc1-c1ccc(C(C)(C)C)cc1. The second-order valence-corrected chi connectivity index (χ2v) is 9.68. The Kier molecular flexibility index (Phi) is 8.39. The minimum Gasteiger partial charge on any atom is -0.502 e. The summed E-state index contributed by atoms with van der Waals surface area (Å²) < 4.78 is 12.2. The Morgan fingerprint density at radius 2 is 1.77 bits per heavy atom. The Hall–Kier alpha value is -3.53. The zero-order valence-corrected chi connectivity index (χ0v) is 21.6. The predicted octanol–water partition coefficient (Wildman–Crippen LogP) is 4.23. The molecule has 0 fully saturated rings. The first-order valence-corrected chi connectivity index (χ1v) is 12.1. The third-order valence-corrected chi connectivity index (χ3v) is 6.25. The number of phenolic OH excluding ortho intramolecular Hbond substituents is 1. The van der Waals surface area contributed by atoms with E-state index >= 15 is 0 Å². The zero-order chi connectivity index (χ0) is 25.6. The molecule has 2 N–H and O–H groups in total. The van der Waals surface area contributed by atoms with Crippen molar-refractivity contribution < 1.29 is 19.4 Å². The molecule has 0 saturated carbocycles. The van der Waals surface area contributed by atoms with Crippen LogP contribution in [0.2, 0.25) is 0 Å². The highest BCUT2D eigenvalue weighted by Gasteiger charge is 2.17. The third-order valence-electron chi connectivity index (χ3n) is 5.28. The van der Waals surface area contributed by atoms with E-state index in [1.165, 1.54) is 37.8 Å². The maximum Gasteiger partial charge on any atom is 0.250 e. The molecule has 1 aromatic heterocycles. The number of hydrogen-bond donors (Lipinski definition) is 2. The Morgan fingerprint density at radius 1 is 1.14 bits per heavy atom. The number of aromatic nitrogens is 3. The van der Waals surface area contributed by atoms with Gasteiger partial charge in [-0.25, -0.2) is 5.43 Å². The smallest absolute Gasteiger partial charge is 0.250 e. The van der Waals surface area contributed by atoms with E-state index in [9.17, 15) is 9.90 Å². The van der Waals surface area contributed by atoms with Crippen molar-refractivity contribution in [3.05, 3.63) is 47.5 Å². The molecule has 1 amide bonds. The first-order chi connectivity index (χ1) is 16.7. The van der Waals surface area contributed by atoms with Gasteiger partial charge in [0.15, 0.2) is 22.5 Å². The molecule has 0 bridgehead atoms. The molecule has 0 aliphatic rings. The van der Waals surface area contributed by atoms with Crippen molar-refractivity contribution in [2.24, 2.45) is 5.10 Å². The number of methoxy groups -OCH3 is 2. The van der Waals surface area contributed by atoms with Crippen molar-refractivity contribution in [3.63, 3.8) is 0 Å². The lowest BCUT2D eigenvalue weighted by molar-refractivity contribution is -0.118. The quantitative estimate of drug-likeness (QED) is 0.259. The molecular weight excluding hydrogens is 466 g/mol. The number of amides is 1. The summed E-state index contributed by atoms with van der Waals surface area (Å²) >= 11 is 1.29. The van der Waals surface area contributed by atoms with E-state index in [-0.39, 0.29) is 34.3 Å². The number of hydrazone groups is 1. The summed E-state index contributed by atoms with van der Waals surface area (Å²) in [7, 11) is 2.88. The van der Waals surface area contributed by atoms with Gasteiger partial charge in [0.1, 0.15) is 0 Å². The van der Waals surface area contributed by atoms with Gasteiger partial charge in [-0.05, 0) is 30.0 Å². The molecule has 35 heavy (non-hydrogen) atoms. The average Bonchev–Trinajstić information content (AvgIpc) is 3.26. The lowest BCUT2D eigenvalue weighted by atomic mass is 9.87. The van der Waals surface area contributed by atoms with E-state index in [2.05, 4.69) is 65.8 Å². The van der Waals surface area contributed by atoms with Crippen LogP contribution in [0.1, 0.15) is 38.8 Å². The van der Waals surface area contributed by atoms with Gasteiger partial charge in [0, 0.05) is 17.7 Å². The van der Waals surface area contributed by atoms with Gasteiger partial charge in [0.05, 0.1) is 26.2 Å². The van der Waals surface area contributed by atoms with Crippen LogP contribution < -0.4 is 14.9 Å². The molecule has 2 aromatic carbocycles. The van der Waals surface area contributed by atoms with E-state index in [4.69, 9.17) is 9.47 Å². The van der Waals surface area contributed by atoms with Gasteiger partial charge in [-0.15, -0.1) is 10.2 Å². The molecule has 0 aliphatic heterocycles. The molecule has 0 spiro atoms. The molecule has 9 nitrogen and oxygen atoms in total. The third kappa shape index (κ3) is 6.33. The molecule has 10 heteroatoms. The first kappa shape index (κ1) is 26.1. The number of ether oxygens (including phenoxy) is 2.